The average Bonchev–Trinajstić information content (AvgIpc) is 2.95. The summed E-state index contributed by atoms with van der Waals surface area (Å²) in [6, 6.07) is -0.927. The number of nitrogens with one attached hydrogen (secondary N) is 2. The summed E-state index contributed by atoms with van der Waals surface area (Å²) in [7, 11) is 0. The number of carboxylic acid groups (broad SMARTS) is 1. The smallest absolute Gasteiger partial charge is 0.543 e. The minimum absolute atomic E-state index is 0. The first-order chi connectivity index (χ1) is 13.2. The predicted octanol–water partition coefficient (Wildman–Crippen LogP) is -5.22. The Bertz CT molecular complexity index is 957. The number of β-lactam (4-membered cyclic amide) rings is 1. The Balaban J connectivity index is 0.00000300. The molecule has 0 radical (unpaired) electrons. The first-order valence-corrected chi connectivity index (χ1v) is 9.87. The van der Waals surface area contributed by atoms with Gasteiger partial charge in [0, 0.05) is 23.6 Å². The Morgan fingerprint density at radius 2 is 2.14 bits per heavy atom. The number of esters is 1. The quantitative estimate of drug-likeness (QED) is 0.167. The topological polar surface area (TPSA) is 165 Å². The van der Waals surface area contributed by atoms with Crippen LogP contribution in [0.5, 0.6) is 0 Å². The van der Waals surface area contributed by atoms with Gasteiger partial charge in [0.25, 0.3) is 5.91 Å². The Morgan fingerprint density at radius 3 is 2.69 bits per heavy atom. The van der Waals surface area contributed by atoms with Crippen molar-refractivity contribution >= 4 is 46.9 Å². The second-order valence-electron chi connectivity index (χ2n) is 6.00. The third-order valence-electron chi connectivity index (χ3n) is 4.12. The zero-order chi connectivity index (χ0) is 20.6. The zero-order valence-electron chi connectivity index (χ0n) is 15.5. The van der Waals surface area contributed by atoms with Crippen LogP contribution in [0.25, 0.3) is 0 Å². The van der Waals surface area contributed by atoms with Crippen molar-refractivity contribution < 1.29 is 63.8 Å². The number of nitrogens with zero attached hydrogens (tertiary/aromatic N) is 2. The van der Waals surface area contributed by atoms with Crippen LogP contribution in [0.3, 0.4) is 0 Å². The van der Waals surface area contributed by atoms with Gasteiger partial charge in [-0.2, -0.15) is 4.73 Å². The molecule has 3 heterocycles. The van der Waals surface area contributed by atoms with E-state index in [2.05, 4.69) is 5.32 Å². The van der Waals surface area contributed by atoms with E-state index in [1.165, 1.54) is 24.1 Å². The van der Waals surface area contributed by atoms with Gasteiger partial charge in [0.05, 0.1) is 23.8 Å². The van der Waals surface area contributed by atoms with Crippen molar-refractivity contribution in [3.05, 3.63) is 27.1 Å². The Kier molecular flexibility index (Phi) is 7.56. The third kappa shape index (κ3) is 4.69. The summed E-state index contributed by atoms with van der Waals surface area (Å²) in [5.41, 5.74) is 0.106. The monoisotopic (exact) mass is 450 g/mol. The van der Waals surface area contributed by atoms with Crippen LogP contribution in [-0.4, -0.2) is 62.4 Å². The maximum atomic E-state index is 12.4. The SMILES string of the molecule is CC(=O)OCC1=C(C(=O)[O-])N2C(=O)C(NC(=O)Cc3csc(=N)n3O)[C@@H]2SC1.[Na+]. The fourth-order valence-corrected chi connectivity index (χ4v) is 4.81. The van der Waals surface area contributed by atoms with Crippen molar-refractivity contribution in [1.29, 1.82) is 5.41 Å². The summed E-state index contributed by atoms with van der Waals surface area (Å²) in [4.78, 5) is 48.0. The summed E-state index contributed by atoms with van der Waals surface area (Å²) in [5.74, 6) is -3.12. The number of carbonyl (C=O) groups excluding carboxylic acids is 4. The standard InChI is InChI=1S/C15H16N4O7S2.Na/c1-6(20)26-3-7-4-27-13-10(12(22)18(13)11(7)14(23)24)17-9(21)2-8-5-28-15(16)19(8)25;/h5,10,13,16,25H,2-4H2,1H3,(H,17,21)(H,23,24);/q;+1/p-1/t10?,13-;/m0./s1. The molecule has 1 saturated heterocycles. The molecule has 0 aliphatic carbocycles. The fraction of sp³-hybridized carbons (Fsp3) is 0.400. The number of amides is 2. The van der Waals surface area contributed by atoms with Gasteiger partial charge in [0.1, 0.15) is 18.0 Å². The van der Waals surface area contributed by atoms with E-state index in [1.54, 1.807) is 0 Å². The van der Waals surface area contributed by atoms with Crippen molar-refractivity contribution in [2.45, 2.75) is 24.8 Å². The number of aromatic nitrogens is 1. The van der Waals surface area contributed by atoms with Crippen LogP contribution >= 0.6 is 23.1 Å². The van der Waals surface area contributed by atoms with Crippen LogP contribution in [-0.2, 0) is 30.3 Å². The summed E-state index contributed by atoms with van der Waals surface area (Å²) >= 11 is 2.18. The minimum atomic E-state index is -1.56. The molecule has 0 spiro atoms. The molecule has 0 aromatic carbocycles. The molecule has 0 bridgehead atoms. The molecule has 3 N–H and O–H groups in total. The van der Waals surface area contributed by atoms with Crippen LogP contribution in [0.1, 0.15) is 12.6 Å². The van der Waals surface area contributed by atoms with Gasteiger partial charge in [0.2, 0.25) is 10.7 Å². The van der Waals surface area contributed by atoms with Crippen LogP contribution in [0.4, 0.5) is 0 Å². The average molecular weight is 450 g/mol. The molecule has 150 valence electrons. The first kappa shape index (κ1) is 23.5. The number of carbonyl (C=O) groups is 4. The van der Waals surface area contributed by atoms with Gasteiger partial charge in [-0.15, -0.1) is 23.1 Å². The Labute approximate surface area is 194 Å². The molecule has 2 atom stereocenters. The molecule has 2 aliphatic heterocycles. The molecule has 2 aliphatic rings. The Hall–Kier alpha value is -1.80. The number of rotatable bonds is 6. The molecule has 14 heteroatoms. The zero-order valence-corrected chi connectivity index (χ0v) is 19.1. The van der Waals surface area contributed by atoms with Crippen molar-refractivity contribution in [3.63, 3.8) is 0 Å². The van der Waals surface area contributed by atoms with E-state index in [0.29, 0.717) is 4.73 Å². The van der Waals surface area contributed by atoms with Gasteiger partial charge >= 0.3 is 35.5 Å². The Morgan fingerprint density at radius 1 is 1.45 bits per heavy atom. The summed E-state index contributed by atoms with van der Waals surface area (Å²) in [6.07, 6.45) is -0.242. The van der Waals surface area contributed by atoms with E-state index in [4.69, 9.17) is 10.1 Å². The summed E-state index contributed by atoms with van der Waals surface area (Å²) in [5, 5.41) is 31.9. The summed E-state index contributed by atoms with van der Waals surface area (Å²) < 4.78 is 5.40. The largest absolute Gasteiger partial charge is 1.00 e. The van der Waals surface area contributed by atoms with Gasteiger partial charge in [-0.05, 0) is 0 Å². The second kappa shape index (κ2) is 9.34. The van der Waals surface area contributed by atoms with E-state index >= 15 is 0 Å². The van der Waals surface area contributed by atoms with E-state index in [0.717, 1.165) is 16.2 Å². The van der Waals surface area contributed by atoms with E-state index in [1.807, 2.05) is 0 Å². The van der Waals surface area contributed by atoms with Gasteiger partial charge in [-0.1, -0.05) is 0 Å². The number of hydrogen-bond donors (Lipinski definition) is 3. The van der Waals surface area contributed by atoms with Crippen molar-refractivity contribution in [2.24, 2.45) is 0 Å². The van der Waals surface area contributed by atoms with Crippen LogP contribution in [0, 0.1) is 5.41 Å². The summed E-state index contributed by atoms with van der Waals surface area (Å²) in [6.45, 7) is 0.925. The van der Waals surface area contributed by atoms with E-state index < -0.39 is 35.2 Å². The number of aliphatic carboxylic acids is 1. The van der Waals surface area contributed by atoms with Gasteiger partial charge in [0.15, 0.2) is 0 Å². The second-order valence-corrected chi connectivity index (χ2v) is 7.96. The van der Waals surface area contributed by atoms with Crippen LogP contribution in [0.2, 0.25) is 0 Å². The molecule has 29 heavy (non-hydrogen) atoms. The fourth-order valence-electron chi connectivity index (χ4n) is 2.83. The maximum Gasteiger partial charge on any atom is 1.00 e. The third-order valence-corrected chi connectivity index (χ3v) is 6.25. The molecule has 1 aromatic heterocycles. The number of carboxylic acids is 1. The van der Waals surface area contributed by atoms with Gasteiger partial charge in [-0.25, -0.2) is 0 Å². The number of hydrogen-bond acceptors (Lipinski definition) is 10. The van der Waals surface area contributed by atoms with Crippen molar-refractivity contribution in [1.82, 2.24) is 14.9 Å². The molecule has 1 aromatic rings. The number of thiazole rings is 1. The number of fused-ring (bicyclic) bond motifs is 1. The van der Waals surface area contributed by atoms with E-state index in [-0.39, 0.29) is 70.1 Å². The van der Waals surface area contributed by atoms with Gasteiger partial charge < -0.3 is 25.2 Å². The molecule has 1 fully saturated rings. The normalized spacial score (nSPS) is 20.3. The molecule has 11 nitrogen and oxygen atoms in total. The maximum absolute atomic E-state index is 12.4. The molecular weight excluding hydrogens is 435 g/mol. The minimum Gasteiger partial charge on any atom is -0.543 e. The predicted molar refractivity (Wildman–Crippen MR) is 92.7 cm³/mol. The van der Waals surface area contributed by atoms with Crippen LogP contribution < -0.4 is 44.8 Å². The molecule has 0 saturated carbocycles. The van der Waals surface area contributed by atoms with Gasteiger partial charge in [-0.3, -0.25) is 24.7 Å². The molecule has 1 unspecified atom stereocenters. The van der Waals surface area contributed by atoms with E-state index in [9.17, 15) is 29.5 Å². The number of thioether (sulfide) groups is 1. The molecule has 2 amide bonds. The van der Waals surface area contributed by atoms with Crippen LogP contribution in [0.15, 0.2) is 16.7 Å². The molecular formula is C15H15N4NaO7S2. The van der Waals surface area contributed by atoms with Crippen molar-refractivity contribution in [2.75, 3.05) is 12.4 Å². The first-order valence-electron chi connectivity index (χ1n) is 7.94. The van der Waals surface area contributed by atoms with Crippen molar-refractivity contribution in [3.8, 4) is 0 Å². The number of ether oxygens (including phenoxy) is 1. The molecule has 3 rings (SSSR count).